The third-order valence-corrected chi connectivity index (χ3v) is 3.27. The Morgan fingerprint density at radius 3 is 2.43 bits per heavy atom. The van der Waals surface area contributed by atoms with E-state index in [-0.39, 0.29) is 5.78 Å². The Morgan fingerprint density at radius 2 is 1.81 bits per heavy atom. The number of Topliss-reactive ketones (excluding diaryl/α,β-unsaturated/α-hetero) is 1. The standard InChI is InChI=1S/C18H20O3/c1-4-21-16-8-6-14(7-9-16)17(19)12-15-11-13(2)5-10-18(15)20-3/h5-11H,4,12H2,1-3H3. The van der Waals surface area contributed by atoms with Crippen LogP contribution < -0.4 is 9.47 Å². The molecule has 0 unspecified atom stereocenters. The van der Waals surface area contributed by atoms with Gasteiger partial charge in [-0.15, -0.1) is 0 Å². The molecule has 0 aliphatic rings. The molecule has 0 bridgehead atoms. The van der Waals surface area contributed by atoms with Crippen LogP contribution in [-0.4, -0.2) is 19.5 Å². The van der Waals surface area contributed by atoms with Crippen LogP contribution >= 0.6 is 0 Å². The lowest BCUT2D eigenvalue weighted by atomic mass is 10.0. The molecular weight excluding hydrogens is 264 g/mol. The van der Waals surface area contributed by atoms with Crippen LogP contribution in [0.4, 0.5) is 0 Å². The number of aryl methyl sites for hydroxylation is 1. The van der Waals surface area contributed by atoms with Crippen LogP contribution in [0.2, 0.25) is 0 Å². The molecule has 0 atom stereocenters. The summed E-state index contributed by atoms with van der Waals surface area (Å²) in [6.45, 7) is 4.56. The van der Waals surface area contributed by atoms with E-state index in [4.69, 9.17) is 9.47 Å². The van der Waals surface area contributed by atoms with Crippen LogP contribution in [0.1, 0.15) is 28.4 Å². The fraction of sp³-hybridized carbons (Fsp3) is 0.278. The number of carbonyl (C=O) groups excluding carboxylic acids is 1. The van der Waals surface area contributed by atoms with Crippen molar-refractivity contribution in [3.05, 3.63) is 59.2 Å². The molecule has 0 spiro atoms. The Morgan fingerprint density at radius 1 is 1.10 bits per heavy atom. The minimum absolute atomic E-state index is 0.0712. The molecule has 2 rings (SSSR count). The molecule has 3 heteroatoms. The minimum atomic E-state index is 0.0712. The predicted molar refractivity (Wildman–Crippen MR) is 83.4 cm³/mol. The van der Waals surface area contributed by atoms with Crippen LogP contribution in [0.3, 0.4) is 0 Å². The van der Waals surface area contributed by atoms with Gasteiger partial charge in [0.05, 0.1) is 13.7 Å². The van der Waals surface area contributed by atoms with Crippen molar-refractivity contribution in [2.75, 3.05) is 13.7 Å². The van der Waals surface area contributed by atoms with Gasteiger partial charge in [0.15, 0.2) is 5.78 Å². The molecular formula is C18H20O3. The number of benzene rings is 2. The summed E-state index contributed by atoms with van der Waals surface area (Å²) in [4.78, 5) is 12.4. The van der Waals surface area contributed by atoms with Crippen molar-refractivity contribution in [1.82, 2.24) is 0 Å². The van der Waals surface area contributed by atoms with E-state index in [2.05, 4.69) is 0 Å². The summed E-state index contributed by atoms with van der Waals surface area (Å²) in [7, 11) is 1.62. The largest absolute Gasteiger partial charge is 0.496 e. The number of methoxy groups -OCH3 is 1. The number of ether oxygens (including phenoxy) is 2. The van der Waals surface area contributed by atoms with E-state index in [9.17, 15) is 4.79 Å². The van der Waals surface area contributed by atoms with Crippen molar-refractivity contribution in [3.63, 3.8) is 0 Å². The van der Waals surface area contributed by atoms with Gasteiger partial charge in [-0.05, 0) is 44.2 Å². The van der Waals surface area contributed by atoms with Gasteiger partial charge in [0, 0.05) is 17.5 Å². The zero-order valence-electron chi connectivity index (χ0n) is 12.7. The second-order valence-electron chi connectivity index (χ2n) is 4.87. The molecule has 0 saturated heterocycles. The second kappa shape index (κ2) is 6.93. The van der Waals surface area contributed by atoms with Crippen molar-refractivity contribution in [3.8, 4) is 11.5 Å². The van der Waals surface area contributed by atoms with Gasteiger partial charge in [0.2, 0.25) is 0 Å². The van der Waals surface area contributed by atoms with E-state index in [0.717, 1.165) is 22.6 Å². The van der Waals surface area contributed by atoms with E-state index >= 15 is 0 Å². The average Bonchev–Trinajstić information content (AvgIpc) is 2.48. The van der Waals surface area contributed by atoms with Gasteiger partial charge in [-0.3, -0.25) is 4.79 Å². The molecule has 110 valence electrons. The highest BCUT2D eigenvalue weighted by molar-refractivity contribution is 5.97. The summed E-state index contributed by atoms with van der Waals surface area (Å²) in [5.41, 5.74) is 2.71. The Labute approximate surface area is 125 Å². The van der Waals surface area contributed by atoms with Gasteiger partial charge in [0.25, 0.3) is 0 Å². The third kappa shape index (κ3) is 3.85. The van der Waals surface area contributed by atoms with Crippen molar-refractivity contribution >= 4 is 5.78 Å². The number of ketones is 1. The molecule has 0 aromatic heterocycles. The Hall–Kier alpha value is -2.29. The lowest BCUT2D eigenvalue weighted by Gasteiger charge is -2.09. The first-order chi connectivity index (χ1) is 10.1. The molecule has 0 saturated carbocycles. The van der Waals surface area contributed by atoms with E-state index < -0.39 is 0 Å². The van der Waals surface area contributed by atoms with E-state index in [1.165, 1.54) is 0 Å². The molecule has 0 N–H and O–H groups in total. The maximum absolute atomic E-state index is 12.4. The first-order valence-corrected chi connectivity index (χ1v) is 7.03. The fourth-order valence-corrected chi connectivity index (χ4v) is 2.22. The fourth-order valence-electron chi connectivity index (χ4n) is 2.22. The second-order valence-corrected chi connectivity index (χ2v) is 4.87. The first kappa shape index (κ1) is 15.1. The Balaban J connectivity index is 2.15. The molecule has 0 heterocycles. The molecule has 21 heavy (non-hydrogen) atoms. The zero-order chi connectivity index (χ0) is 15.2. The van der Waals surface area contributed by atoms with Crippen LogP contribution in [0.25, 0.3) is 0 Å². The van der Waals surface area contributed by atoms with Crippen LogP contribution in [0.5, 0.6) is 11.5 Å². The summed E-state index contributed by atoms with van der Waals surface area (Å²) in [5.74, 6) is 1.60. The van der Waals surface area contributed by atoms with Gasteiger partial charge >= 0.3 is 0 Å². The van der Waals surface area contributed by atoms with E-state index in [0.29, 0.717) is 18.6 Å². The van der Waals surface area contributed by atoms with Gasteiger partial charge in [0.1, 0.15) is 11.5 Å². The van der Waals surface area contributed by atoms with Crippen molar-refractivity contribution < 1.29 is 14.3 Å². The van der Waals surface area contributed by atoms with E-state index in [1.54, 1.807) is 19.2 Å². The maximum Gasteiger partial charge on any atom is 0.167 e. The average molecular weight is 284 g/mol. The number of hydrogen-bond acceptors (Lipinski definition) is 3. The van der Waals surface area contributed by atoms with Crippen LogP contribution in [0.15, 0.2) is 42.5 Å². The summed E-state index contributed by atoms with van der Waals surface area (Å²) in [6.07, 6.45) is 0.332. The topological polar surface area (TPSA) is 35.5 Å². The lowest BCUT2D eigenvalue weighted by molar-refractivity contribution is 0.0992. The van der Waals surface area contributed by atoms with E-state index in [1.807, 2.05) is 44.2 Å². The zero-order valence-corrected chi connectivity index (χ0v) is 12.7. The molecule has 0 aliphatic heterocycles. The van der Waals surface area contributed by atoms with Gasteiger partial charge in [-0.25, -0.2) is 0 Å². The predicted octanol–water partition coefficient (Wildman–Crippen LogP) is 3.83. The summed E-state index contributed by atoms with van der Waals surface area (Å²) >= 11 is 0. The van der Waals surface area contributed by atoms with Gasteiger partial charge in [-0.2, -0.15) is 0 Å². The van der Waals surface area contributed by atoms with Crippen molar-refractivity contribution in [2.45, 2.75) is 20.3 Å². The first-order valence-electron chi connectivity index (χ1n) is 7.03. The Bertz CT molecular complexity index is 615. The Kier molecular flexibility index (Phi) is 4.99. The number of rotatable bonds is 6. The third-order valence-electron chi connectivity index (χ3n) is 3.27. The molecule has 0 aliphatic carbocycles. The molecule has 2 aromatic rings. The quantitative estimate of drug-likeness (QED) is 0.756. The maximum atomic E-state index is 12.4. The highest BCUT2D eigenvalue weighted by atomic mass is 16.5. The monoisotopic (exact) mass is 284 g/mol. The lowest BCUT2D eigenvalue weighted by Crippen LogP contribution is -2.05. The highest BCUT2D eigenvalue weighted by Gasteiger charge is 2.11. The van der Waals surface area contributed by atoms with Gasteiger partial charge < -0.3 is 9.47 Å². The van der Waals surface area contributed by atoms with Crippen LogP contribution in [-0.2, 0) is 6.42 Å². The van der Waals surface area contributed by atoms with Crippen molar-refractivity contribution in [1.29, 1.82) is 0 Å². The number of hydrogen-bond donors (Lipinski definition) is 0. The summed E-state index contributed by atoms with van der Waals surface area (Å²) in [6, 6.07) is 13.1. The molecule has 0 fully saturated rings. The van der Waals surface area contributed by atoms with Gasteiger partial charge in [-0.1, -0.05) is 17.7 Å². The summed E-state index contributed by atoms with van der Waals surface area (Å²) < 4.78 is 10.7. The smallest absolute Gasteiger partial charge is 0.167 e. The molecule has 2 aromatic carbocycles. The molecule has 0 radical (unpaired) electrons. The van der Waals surface area contributed by atoms with Crippen LogP contribution in [0, 0.1) is 6.92 Å². The minimum Gasteiger partial charge on any atom is -0.496 e. The molecule has 3 nitrogen and oxygen atoms in total. The summed E-state index contributed by atoms with van der Waals surface area (Å²) in [5, 5.41) is 0. The van der Waals surface area contributed by atoms with Crippen molar-refractivity contribution in [2.24, 2.45) is 0 Å². The highest BCUT2D eigenvalue weighted by Crippen LogP contribution is 2.22. The SMILES string of the molecule is CCOc1ccc(C(=O)Cc2cc(C)ccc2OC)cc1. The molecule has 0 amide bonds. The normalized spacial score (nSPS) is 10.2. The number of carbonyl (C=O) groups is 1.